The number of aromatic nitrogens is 1. The first-order valence-corrected chi connectivity index (χ1v) is 10.6. The molecular weight excluding hydrogens is 346 g/mol. The molecule has 27 heavy (non-hydrogen) atoms. The number of benzene rings is 1. The number of rotatable bonds is 3. The van der Waals surface area contributed by atoms with E-state index in [0.717, 1.165) is 29.9 Å². The average Bonchev–Trinajstić information content (AvgIpc) is 2.70. The van der Waals surface area contributed by atoms with E-state index in [2.05, 4.69) is 81.8 Å². The van der Waals surface area contributed by atoms with Gasteiger partial charge >= 0.3 is 0 Å². The lowest BCUT2D eigenvalue weighted by Crippen LogP contribution is -2.05. The third-order valence-electron chi connectivity index (χ3n) is 4.64. The summed E-state index contributed by atoms with van der Waals surface area (Å²) >= 11 is 1.89. The van der Waals surface area contributed by atoms with E-state index in [4.69, 9.17) is 0 Å². The summed E-state index contributed by atoms with van der Waals surface area (Å²) in [7, 11) is 0. The second kappa shape index (κ2) is 8.31. The van der Waals surface area contributed by atoms with Crippen molar-refractivity contribution < 1.29 is 0 Å². The Bertz CT molecular complexity index is 883. The van der Waals surface area contributed by atoms with Crippen LogP contribution in [0.1, 0.15) is 45.2 Å². The summed E-state index contributed by atoms with van der Waals surface area (Å²) in [5, 5.41) is 0. The standard InChI is InChI=1S/C25H29NS/c1-6-20-12-13-21-18(2)16-19(17-25(3,4)5)10-9-15-27-24(21)23(20)22-11-7-8-14-26-22/h7-14,16H,2,6,15,17H2,1,3-5H3/b10-9-,19-16+. The minimum atomic E-state index is 0.256. The molecular formula is C25H29NS. The third-order valence-corrected chi connectivity index (χ3v) is 5.71. The highest BCUT2D eigenvalue weighted by Gasteiger charge is 2.18. The largest absolute Gasteiger partial charge is 0.256 e. The van der Waals surface area contributed by atoms with Crippen LogP contribution in [-0.2, 0) is 6.42 Å². The van der Waals surface area contributed by atoms with E-state index in [9.17, 15) is 0 Å². The molecule has 1 aromatic carbocycles. The lowest BCUT2D eigenvalue weighted by atomic mass is 9.86. The highest BCUT2D eigenvalue weighted by molar-refractivity contribution is 7.99. The molecule has 1 aliphatic heterocycles. The van der Waals surface area contributed by atoms with Crippen LogP contribution < -0.4 is 0 Å². The summed E-state index contributed by atoms with van der Waals surface area (Å²) in [6, 6.07) is 10.6. The number of pyridine rings is 1. The monoisotopic (exact) mass is 375 g/mol. The fraction of sp³-hybridized carbons (Fsp3) is 0.320. The van der Waals surface area contributed by atoms with Crippen LogP contribution in [0, 0.1) is 5.41 Å². The minimum Gasteiger partial charge on any atom is -0.256 e. The summed E-state index contributed by atoms with van der Waals surface area (Å²) < 4.78 is 0. The zero-order chi connectivity index (χ0) is 19.4. The van der Waals surface area contributed by atoms with Crippen molar-refractivity contribution in [3.63, 3.8) is 0 Å². The molecule has 1 aromatic heterocycles. The summed E-state index contributed by atoms with van der Waals surface area (Å²) in [4.78, 5) is 5.96. The van der Waals surface area contributed by atoms with Crippen LogP contribution >= 0.6 is 11.8 Å². The Labute approximate surface area is 168 Å². The summed E-state index contributed by atoms with van der Waals surface area (Å²) in [5.74, 6) is 0.953. The second-order valence-electron chi connectivity index (χ2n) is 8.24. The maximum atomic E-state index is 4.66. The molecule has 0 fully saturated rings. The molecule has 0 atom stereocenters. The van der Waals surface area contributed by atoms with Crippen molar-refractivity contribution in [1.82, 2.24) is 4.98 Å². The smallest absolute Gasteiger partial charge is 0.0716 e. The van der Waals surface area contributed by atoms with E-state index in [1.807, 2.05) is 24.0 Å². The van der Waals surface area contributed by atoms with Gasteiger partial charge in [0.2, 0.25) is 0 Å². The Balaban J connectivity index is 2.14. The molecule has 0 spiro atoms. The number of hydrogen-bond acceptors (Lipinski definition) is 2. The van der Waals surface area contributed by atoms with E-state index in [0.29, 0.717) is 0 Å². The molecule has 1 aliphatic rings. The quantitative estimate of drug-likeness (QED) is 0.556. The van der Waals surface area contributed by atoms with Crippen LogP contribution in [0.3, 0.4) is 0 Å². The SMILES string of the molecule is C=C1/C=C(CC(C)(C)C)\C=C/CSc2c1ccc(CC)c2-c1ccccn1. The molecule has 2 heteroatoms. The molecule has 0 amide bonds. The molecule has 2 aromatic rings. The van der Waals surface area contributed by atoms with Gasteiger partial charge in [0.05, 0.1) is 5.69 Å². The first-order valence-electron chi connectivity index (χ1n) is 9.65. The number of hydrogen-bond donors (Lipinski definition) is 0. The molecule has 0 radical (unpaired) electrons. The van der Waals surface area contributed by atoms with E-state index in [1.54, 1.807) is 0 Å². The van der Waals surface area contributed by atoms with E-state index in [1.165, 1.54) is 27.2 Å². The fourth-order valence-corrected chi connectivity index (χ4v) is 4.61. The first kappa shape index (κ1) is 19.7. The number of aryl methyl sites for hydroxylation is 1. The lowest BCUT2D eigenvalue weighted by molar-refractivity contribution is 0.413. The highest BCUT2D eigenvalue weighted by atomic mass is 32.2. The van der Waals surface area contributed by atoms with Gasteiger partial charge in [-0.25, -0.2) is 0 Å². The molecule has 0 unspecified atom stereocenters. The highest BCUT2D eigenvalue weighted by Crippen LogP contribution is 2.41. The van der Waals surface area contributed by atoms with Crippen LogP contribution in [0.25, 0.3) is 16.8 Å². The van der Waals surface area contributed by atoms with Crippen LogP contribution in [-0.4, -0.2) is 10.7 Å². The van der Waals surface area contributed by atoms with Crippen LogP contribution in [0.15, 0.2) is 71.8 Å². The molecule has 0 saturated carbocycles. The topological polar surface area (TPSA) is 12.9 Å². The Kier molecular flexibility index (Phi) is 6.06. The van der Waals surface area contributed by atoms with Crippen LogP contribution in [0.2, 0.25) is 0 Å². The van der Waals surface area contributed by atoms with Gasteiger partial charge in [-0.3, -0.25) is 4.98 Å². The first-order chi connectivity index (χ1) is 12.9. The van der Waals surface area contributed by atoms with Gasteiger partial charge in [0, 0.05) is 22.4 Å². The lowest BCUT2D eigenvalue weighted by Gasteiger charge is -2.20. The van der Waals surface area contributed by atoms with Gasteiger partial charge in [-0.15, -0.1) is 11.8 Å². The maximum absolute atomic E-state index is 4.66. The van der Waals surface area contributed by atoms with Gasteiger partial charge in [-0.05, 0) is 52.7 Å². The average molecular weight is 376 g/mol. The molecule has 140 valence electrons. The zero-order valence-electron chi connectivity index (χ0n) is 16.9. The Morgan fingerprint density at radius 3 is 2.63 bits per heavy atom. The van der Waals surface area contributed by atoms with Crippen molar-refractivity contribution in [2.45, 2.75) is 45.4 Å². The molecule has 3 rings (SSSR count). The summed E-state index contributed by atoms with van der Waals surface area (Å²) in [5.41, 5.74) is 7.58. The molecule has 0 bridgehead atoms. The summed E-state index contributed by atoms with van der Waals surface area (Å²) in [6.45, 7) is 13.5. The predicted octanol–water partition coefficient (Wildman–Crippen LogP) is 7.35. The van der Waals surface area contributed by atoms with Crippen molar-refractivity contribution in [3.8, 4) is 11.3 Å². The van der Waals surface area contributed by atoms with E-state index in [-0.39, 0.29) is 5.41 Å². The van der Waals surface area contributed by atoms with Crippen molar-refractivity contribution in [2.75, 3.05) is 5.75 Å². The van der Waals surface area contributed by atoms with Gasteiger partial charge in [-0.2, -0.15) is 0 Å². The van der Waals surface area contributed by atoms with Gasteiger partial charge in [0.25, 0.3) is 0 Å². The Morgan fingerprint density at radius 1 is 1.15 bits per heavy atom. The predicted molar refractivity (Wildman–Crippen MR) is 120 cm³/mol. The Morgan fingerprint density at radius 2 is 1.96 bits per heavy atom. The van der Waals surface area contributed by atoms with E-state index >= 15 is 0 Å². The molecule has 0 N–H and O–H groups in total. The molecule has 1 nitrogen and oxygen atoms in total. The number of thioether (sulfide) groups is 1. The number of allylic oxidation sites excluding steroid dienone is 4. The van der Waals surface area contributed by atoms with Crippen molar-refractivity contribution >= 4 is 17.3 Å². The van der Waals surface area contributed by atoms with Crippen molar-refractivity contribution in [3.05, 3.63) is 78.0 Å². The molecule has 2 heterocycles. The number of nitrogens with zero attached hydrogens (tertiary/aromatic N) is 1. The zero-order valence-corrected chi connectivity index (χ0v) is 17.7. The minimum absolute atomic E-state index is 0.256. The molecule has 0 aliphatic carbocycles. The second-order valence-corrected chi connectivity index (χ2v) is 9.27. The van der Waals surface area contributed by atoms with Crippen LogP contribution in [0.5, 0.6) is 0 Å². The Hall–Kier alpha value is -2.06. The fourth-order valence-electron chi connectivity index (χ4n) is 3.52. The van der Waals surface area contributed by atoms with Gasteiger partial charge in [-0.1, -0.05) is 70.7 Å². The van der Waals surface area contributed by atoms with Gasteiger partial charge < -0.3 is 0 Å². The summed E-state index contributed by atoms with van der Waals surface area (Å²) in [6.07, 6.45) is 10.7. The molecule has 0 saturated heterocycles. The van der Waals surface area contributed by atoms with Gasteiger partial charge in [0.1, 0.15) is 0 Å². The van der Waals surface area contributed by atoms with Crippen molar-refractivity contribution in [1.29, 1.82) is 0 Å². The third kappa shape index (κ3) is 4.81. The number of fused-ring (bicyclic) bond motifs is 1. The normalized spacial score (nSPS) is 17.9. The van der Waals surface area contributed by atoms with Gasteiger partial charge in [0.15, 0.2) is 0 Å². The van der Waals surface area contributed by atoms with Crippen LogP contribution in [0.4, 0.5) is 0 Å². The maximum Gasteiger partial charge on any atom is 0.0716 e. The van der Waals surface area contributed by atoms with E-state index < -0.39 is 0 Å². The van der Waals surface area contributed by atoms with Crippen molar-refractivity contribution in [2.24, 2.45) is 5.41 Å².